The van der Waals surface area contributed by atoms with Crippen LogP contribution in [-0.4, -0.2) is 26.4 Å². The number of rotatable bonds is 5. The zero-order chi connectivity index (χ0) is 10.7. The van der Waals surface area contributed by atoms with Crippen molar-refractivity contribution in [1.82, 2.24) is 0 Å². The summed E-state index contributed by atoms with van der Waals surface area (Å²) < 4.78 is 15.9. The molecule has 0 bridgehead atoms. The lowest BCUT2D eigenvalue weighted by atomic mass is 10.1. The summed E-state index contributed by atoms with van der Waals surface area (Å²) in [6.45, 7) is 3.56. The van der Waals surface area contributed by atoms with Gasteiger partial charge in [-0.25, -0.2) is 0 Å². The van der Waals surface area contributed by atoms with Crippen LogP contribution < -0.4 is 4.74 Å². The van der Waals surface area contributed by atoms with Crippen molar-refractivity contribution >= 4 is 0 Å². The molecule has 2 atom stereocenters. The quantitative estimate of drug-likeness (QED) is 0.695. The normalized spacial score (nSPS) is 21.1. The van der Waals surface area contributed by atoms with Crippen molar-refractivity contribution in [3.05, 3.63) is 29.8 Å². The van der Waals surface area contributed by atoms with Crippen molar-refractivity contribution in [2.45, 2.75) is 19.1 Å². The molecule has 0 spiro atoms. The third-order valence-corrected chi connectivity index (χ3v) is 2.50. The molecule has 1 saturated heterocycles. The van der Waals surface area contributed by atoms with Crippen LogP contribution >= 0.6 is 0 Å². The summed E-state index contributed by atoms with van der Waals surface area (Å²) in [4.78, 5) is 0. The molecule has 1 aliphatic rings. The minimum Gasteiger partial charge on any atom is -0.497 e. The second kappa shape index (κ2) is 4.64. The molecule has 1 aromatic carbocycles. The van der Waals surface area contributed by atoms with Crippen LogP contribution in [-0.2, 0) is 9.47 Å². The van der Waals surface area contributed by atoms with Crippen molar-refractivity contribution in [1.29, 1.82) is 0 Å². The summed E-state index contributed by atoms with van der Waals surface area (Å²) in [6, 6.07) is 7.95. The Hall–Kier alpha value is -1.06. The number of ether oxygens (including phenoxy) is 3. The largest absolute Gasteiger partial charge is 0.497 e. The zero-order valence-electron chi connectivity index (χ0n) is 9.10. The molecule has 2 rings (SSSR count). The van der Waals surface area contributed by atoms with E-state index in [2.05, 4.69) is 0 Å². The molecule has 0 aliphatic carbocycles. The first-order valence-corrected chi connectivity index (χ1v) is 5.17. The van der Waals surface area contributed by atoms with Gasteiger partial charge in [-0.2, -0.15) is 0 Å². The zero-order valence-corrected chi connectivity index (χ0v) is 9.10. The van der Waals surface area contributed by atoms with Crippen LogP contribution in [0.5, 0.6) is 5.75 Å². The minimum absolute atomic E-state index is 0.0873. The molecule has 0 radical (unpaired) electrons. The van der Waals surface area contributed by atoms with E-state index in [4.69, 9.17) is 14.2 Å². The Kier molecular flexibility index (Phi) is 3.23. The van der Waals surface area contributed by atoms with Crippen molar-refractivity contribution in [3.8, 4) is 5.75 Å². The van der Waals surface area contributed by atoms with Gasteiger partial charge in [0.2, 0.25) is 0 Å². The first-order valence-electron chi connectivity index (χ1n) is 5.17. The number of hydrogen-bond donors (Lipinski definition) is 0. The van der Waals surface area contributed by atoms with Crippen molar-refractivity contribution in [3.63, 3.8) is 0 Å². The molecule has 2 unspecified atom stereocenters. The molecule has 1 aliphatic heterocycles. The molecule has 3 nitrogen and oxygen atoms in total. The molecule has 1 aromatic rings. The van der Waals surface area contributed by atoms with Crippen molar-refractivity contribution < 1.29 is 14.2 Å². The molecule has 1 heterocycles. The van der Waals surface area contributed by atoms with Crippen LogP contribution in [0.25, 0.3) is 0 Å². The van der Waals surface area contributed by atoms with Gasteiger partial charge in [-0.3, -0.25) is 0 Å². The SMILES string of the molecule is COc1cccc(C(C)OCC2CO2)c1. The lowest BCUT2D eigenvalue weighted by molar-refractivity contribution is 0.0538. The van der Waals surface area contributed by atoms with Gasteiger partial charge in [-0.05, 0) is 24.6 Å². The van der Waals surface area contributed by atoms with Gasteiger partial charge in [0.1, 0.15) is 11.9 Å². The van der Waals surface area contributed by atoms with Crippen LogP contribution in [0, 0.1) is 0 Å². The van der Waals surface area contributed by atoms with Gasteiger partial charge in [0.05, 0.1) is 26.4 Å². The van der Waals surface area contributed by atoms with Gasteiger partial charge in [0, 0.05) is 0 Å². The predicted molar refractivity (Wildman–Crippen MR) is 57.1 cm³/mol. The lowest BCUT2D eigenvalue weighted by Gasteiger charge is -2.13. The average Bonchev–Trinajstić information content (AvgIpc) is 3.10. The molecule has 0 saturated carbocycles. The molecule has 15 heavy (non-hydrogen) atoms. The Labute approximate surface area is 90.0 Å². The molecular formula is C12H16O3. The smallest absolute Gasteiger partial charge is 0.119 e. The third-order valence-electron chi connectivity index (χ3n) is 2.50. The molecule has 0 amide bonds. The first-order chi connectivity index (χ1) is 7.29. The Morgan fingerprint density at radius 3 is 3.00 bits per heavy atom. The number of epoxide rings is 1. The third kappa shape index (κ3) is 2.94. The van der Waals surface area contributed by atoms with Crippen molar-refractivity contribution in [2.24, 2.45) is 0 Å². The Morgan fingerprint density at radius 1 is 1.53 bits per heavy atom. The van der Waals surface area contributed by atoms with E-state index in [0.29, 0.717) is 12.7 Å². The molecule has 1 fully saturated rings. The van der Waals surface area contributed by atoms with E-state index in [-0.39, 0.29) is 6.10 Å². The Bertz CT molecular complexity index is 320. The predicted octanol–water partition coefficient (Wildman–Crippen LogP) is 2.17. The van der Waals surface area contributed by atoms with Gasteiger partial charge < -0.3 is 14.2 Å². The average molecular weight is 208 g/mol. The van der Waals surface area contributed by atoms with Gasteiger partial charge in [0.25, 0.3) is 0 Å². The maximum absolute atomic E-state index is 5.67. The van der Waals surface area contributed by atoms with Gasteiger partial charge in [-0.1, -0.05) is 12.1 Å². The standard InChI is InChI=1S/C12H16O3/c1-9(14-7-12-8-15-12)10-4-3-5-11(6-10)13-2/h3-6,9,12H,7-8H2,1-2H3. The monoisotopic (exact) mass is 208 g/mol. The number of methoxy groups -OCH3 is 1. The van der Waals surface area contributed by atoms with E-state index in [9.17, 15) is 0 Å². The summed E-state index contributed by atoms with van der Waals surface area (Å²) >= 11 is 0. The highest BCUT2D eigenvalue weighted by Crippen LogP contribution is 2.22. The van der Waals surface area contributed by atoms with E-state index in [1.165, 1.54) is 0 Å². The second-order valence-electron chi connectivity index (χ2n) is 3.71. The van der Waals surface area contributed by atoms with Crippen LogP contribution in [0.15, 0.2) is 24.3 Å². The molecular weight excluding hydrogens is 192 g/mol. The van der Waals surface area contributed by atoms with Gasteiger partial charge in [-0.15, -0.1) is 0 Å². The topological polar surface area (TPSA) is 31.0 Å². The molecule has 82 valence electrons. The van der Waals surface area contributed by atoms with Crippen LogP contribution in [0.3, 0.4) is 0 Å². The van der Waals surface area contributed by atoms with Crippen molar-refractivity contribution in [2.75, 3.05) is 20.3 Å². The maximum atomic E-state index is 5.67. The fraction of sp³-hybridized carbons (Fsp3) is 0.500. The summed E-state index contributed by atoms with van der Waals surface area (Å²) in [7, 11) is 1.67. The summed E-state index contributed by atoms with van der Waals surface area (Å²) in [6.07, 6.45) is 0.405. The summed E-state index contributed by atoms with van der Waals surface area (Å²) in [5.41, 5.74) is 1.13. The number of hydrogen-bond acceptors (Lipinski definition) is 3. The van der Waals surface area contributed by atoms with Gasteiger partial charge >= 0.3 is 0 Å². The highest BCUT2D eigenvalue weighted by Gasteiger charge is 2.23. The van der Waals surface area contributed by atoms with E-state index < -0.39 is 0 Å². The fourth-order valence-electron chi connectivity index (χ4n) is 1.41. The van der Waals surface area contributed by atoms with E-state index in [1.807, 2.05) is 31.2 Å². The highest BCUT2D eigenvalue weighted by atomic mass is 16.6. The molecule has 3 heteroatoms. The molecule has 0 aromatic heterocycles. The van der Waals surface area contributed by atoms with E-state index >= 15 is 0 Å². The molecule has 0 N–H and O–H groups in total. The lowest BCUT2D eigenvalue weighted by Crippen LogP contribution is -2.06. The fourth-order valence-corrected chi connectivity index (χ4v) is 1.41. The van der Waals surface area contributed by atoms with E-state index in [1.54, 1.807) is 7.11 Å². The summed E-state index contributed by atoms with van der Waals surface area (Å²) in [5.74, 6) is 0.866. The van der Waals surface area contributed by atoms with E-state index in [0.717, 1.165) is 17.9 Å². The second-order valence-corrected chi connectivity index (χ2v) is 3.71. The van der Waals surface area contributed by atoms with Crippen LogP contribution in [0.4, 0.5) is 0 Å². The van der Waals surface area contributed by atoms with Crippen LogP contribution in [0.2, 0.25) is 0 Å². The Morgan fingerprint density at radius 2 is 2.33 bits per heavy atom. The first kappa shape index (κ1) is 10.5. The van der Waals surface area contributed by atoms with Crippen LogP contribution in [0.1, 0.15) is 18.6 Å². The van der Waals surface area contributed by atoms with Gasteiger partial charge in [0.15, 0.2) is 0 Å². The Balaban J connectivity index is 1.93. The summed E-state index contributed by atoms with van der Waals surface area (Å²) in [5, 5.41) is 0. The maximum Gasteiger partial charge on any atom is 0.119 e. The minimum atomic E-state index is 0.0873. The number of benzene rings is 1. The highest BCUT2D eigenvalue weighted by molar-refractivity contribution is 5.29.